The second-order valence-corrected chi connectivity index (χ2v) is 5.15. The Kier molecular flexibility index (Phi) is 2.98. The molecule has 0 bridgehead atoms. The number of hydrogen-bond acceptors (Lipinski definition) is 1. The largest absolute Gasteiger partial charge is 0.312 e. The van der Waals surface area contributed by atoms with Crippen molar-refractivity contribution >= 4 is 22.6 Å². The van der Waals surface area contributed by atoms with Gasteiger partial charge in [0.15, 0.2) is 0 Å². The van der Waals surface area contributed by atoms with Gasteiger partial charge in [-0.05, 0) is 11.8 Å². The predicted octanol–water partition coefficient (Wildman–Crippen LogP) is 2.05. The van der Waals surface area contributed by atoms with Crippen molar-refractivity contribution in [3.8, 4) is 0 Å². The van der Waals surface area contributed by atoms with E-state index in [0.29, 0.717) is 0 Å². The van der Waals surface area contributed by atoms with Crippen LogP contribution in [0.5, 0.6) is 0 Å². The standard InChI is InChI=1S/C8H16IN/c1-5(2)8-6(3)7(9)4-10-8/h5-8,10H,4H2,1-3H3/t6-,7-,8?/m1/s1. The van der Waals surface area contributed by atoms with Gasteiger partial charge in [0, 0.05) is 16.5 Å². The van der Waals surface area contributed by atoms with Crippen LogP contribution in [0.2, 0.25) is 0 Å². The number of hydrogen-bond donors (Lipinski definition) is 1. The maximum absolute atomic E-state index is 3.55. The zero-order chi connectivity index (χ0) is 7.72. The van der Waals surface area contributed by atoms with Crippen molar-refractivity contribution in [2.24, 2.45) is 11.8 Å². The number of alkyl halides is 1. The van der Waals surface area contributed by atoms with Gasteiger partial charge in [0.25, 0.3) is 0 Å². The highest BCUT2D eigenvalue weighted by Gasteiger charge is 2.31. The van der Waals surface area contributed by atoms with Crippen LogP contribution in [0.3, 0.4) is 0 Å². The molecule has 60 valence electrons. The molecule has 0 aliphatic carbocycles. The molecule has 1 saturated heterocycles. The van der Waals surface area contributed by atoms with E-state index in [9.17, 15) is 0 Å². The number of rotatable bonds is 1. The monoisotopic (exact) mass is 253 g/mol. The first-order valence-electron chi connectivity index (χ1n) is 4.00. The number of halogens is 1. The molecule has 1 aliphatic rings. The zero-order valence-electron chi connectivity index (χ0n) is 6.89. The van der Waals surface area contributed by atoms with Crippen molar-refractivity contribution < 1.29 is 0 Å². The first-order chi connectivity index (χ1) is 4.63. The zero-order valence-corrected chi connectivity index (χ0v) is 9.05. The van der Waals surface area contributed by atoms with Gasteiger partial charge in [0.2, 0.25) is 0 Å². The molecule has 1 aliphatic heterocycles. The van der Waals surface area contributed by atoms with Crippen molar-refractivity contribution in [1.29, 1.82) is 0 Å². The summed E-state index contributed by atoms with van der Waals surface area (Å²) in [7, 11) is 0. The molecule has 1 unspecified atom stereocenters. The van der Waals surface area contributed by atoms with Crippen molar-refractivity contribution in [3.05, 3.63) is 0 Å². The van der Waals surface area contributed by atoms with Crippen molar-refractivity contribution in [3.63, 3.8) is 0 Å². The van der Waals surface area contributed by atoms with Crippen LogP contribution in [0.25, 0.3) is 0 Å². The lowest BCUT2D eigenvalue weighted by molar-refractivity contribution is 0.379. The fourth-order valence-electron chi connectivity index (χ4n) is 1.69. The third-order valence-corrected chi connectivity index (χ3v) is 3.98. The molecule has 3 atom stereocenters. The summed E-state index contributed by atoms with van der Waals surface area (Å²) in [6.07, 6.45) is 0. The van der Waals surface area contributed by atoms with Gasteiger partial charge in [0.1, 0.15) is 0 Å². The molecular weight excluding hydrogens is 237 g/mol. The molecule has 1 fully saturated rings. The van der Waals surface area contributed by atoms with Gasteiger partial charge in [-0.3, -0.25) is 0 Å². The summed E-state index contributed by atoms with van der Waals surface area (Å²) in [5.74, 6) is 1.63. The second kappa shape index (κ2) is 3.39. The summed E-state index contributed by atoms with van der Waals surface area (Å²) in [6, 6.07) is 0.752. The lowest BCUT2D eigenvalue weighted by Crippen LogP contribution is -2.31. The van der Waals surface area contributed by atoms with E-state index in [-0.39, 0.29) is 0 Å². The maximum Gasteiger partial charge on any atom is 0.0275 e. The molecule has 0 spiro atoms. The van der Waals surface area contributed by atoms with Crippen LogP contribution in [0.15, 0.2) is 0 Å². The smallest absolute Gasteiger partial charge is 0.0275 e. The fraction of sp³-hybridized carbons (Fsp3) is 1.00. The Balaban J connectivity index is 2.49. The topological polar surface area (TPSA) is 12.0 Å². The third-order valence-electron chi connectivity index (χ3n) is 2.40. The molecule has 1 nitrogen and oxygen atoms in total. The summed E-state index contributed by atoms with van der Waals surface area (Å²) in [5, 5.41) is 3.55. The normalized spacial score (nSPS) is 41.1. The average molecular weight is 253 g/mol. The summed E-state index contributed by atoms with van der Waals surface area (Å²) in [6.45, 7) is 8.14. The molecular formula is C8H16IN. The molecule has 0 aromatic heterocycles. The van der Waals surface area contributed by atoms with E-state index in [1.165, 1.54) is 6.54 Å². The Hall–Kier alpha value is 0.690. The third kappa shape index (κ3) is 1.64. The average Bonchev–Trinajstić information content (AvgIpc) is 2.14. The van der Waals surface area contributed by atoms with Crippen molar-refractivity contribution in [2.75, 3.05) is 6.54 Å². The van der Waals surface area contributed by atoms with E-state index in [1.54, 1.807) is 0 Å². The minimum Gasteiger partial charge on any atom is -0.312 e. The maximum atomic E-state index is 3.55. The molecule has 1 rings (SSSR count). The van der Waals surface area contributed by atoms with Gasteiger partial charge in [-0.2, -0.15) is 0 Å². The molecule has 10 heavy (non-hydrogen) atoms. The minimum atomic E-state index is 0.752. The van der Waals surface area contributed by atoms with Crippen molar-refractivity contribution in [2.45, 2.75) is 30.7 Å². The van der Waals surface area contributed by atoms with Crippen molar-refractivity contribution in [1.82, 2.24) is 5.32 Å². The fourth-order valence-corrected chi connectivity index (χ4v) is 2.39. The van der Waals surface area contributed by atoms with E-state index in [4.69, 9.17) is 0 Å². The minimum absolute atomic E-state index is 0.752. The van der Waals surface area contributed by atoms with Crippen LogP contribution < -0.4 is 5.32 Å². The first kappa shape index (κ1) is 8.78. The van der Waals surface area contributed by atoms with Gasteiger partial charge in [-0.15, -0.1) is 0 Å². The molecule has 0 amide bonds. The van der Waals surface area contributed by atoms with E-state index < -0.39 is 0 Å². The summed E-state index contributed by atoms with van der Waals surface area (Å²) in [5.41, 5.74) is 0. The van der Waals surface area contributed by atoms with Gasteiger partial charge < -0.3 is 5.32 Å². The van der Waals surface area contributed by atoms with E-state index >= 15 is 0 Å². The number of nitrogens with one attached hydrogen (secondary N) is 1. The van der Waals surface area contributed by atoms with Crippen LogP contribution in [0.1, 0.15) is 20.8 Å². The lowest BCUT2D eigenvalue weighted by atomic mass is 9.94. The van der Waals surface area contributed by atoms with Crippen LogP contribution in [-0.4, -0.2) is 16.5 Å². The van der Waals surface area contributed by atoms with E-state index in [2.05, 4.69) is 48.7 Å². The SMILES string of the molecule is CC(C)C1NC[C@@H](I)[C@H]1C. The molecule has 1 heterocycles. The van der Waals surface area contributed by atoms with Gasteiger partial charge >= 0.3 is 0 Å². The lowest BCUT2D eigenvalue weighted by Gasteiger charge is -2.20. The first-order valence-corrected chi connectivity index (χ1v) is 5.25. The Bertz CT molecular complexity index is 114. The van der Waals surface area contributed by atoms with Crippen LogP contribution in [0, 0.1) is 11.8 Å². The molecule has 0 aromatic rings. The summed E-state index contributed by atoms with van der Waals surface area (Å²) >= 11 is 2.54. The van der Waals surface area contributed by atoms with Gasteiger partial charge in [0.05, 0.1) is 0 Å². The molecule has 1 N–H and O–H groups in total. The second-order valence-electron chi connectivity index (χ2n) is 3.55. The Morgan fingerprint density at radius 1 is 1.50 bits per heavy atom. The van der Waals surface area contributed by atoms with Crippen LogP contribution in [-0.2, 0) is 0 Å². The van der Waals surface area contributed by atoms with Gasteiger partial charge in [-0.25, -0.2) is 0 Å². The quantitative estimate of drug-likeness (QED) is 0.557. The molecule has 0 aromatic carbocycles. The van der Waals surface area contributed by atoms with E-state index in [1.807, 2.05) is 0 Å². The predicted molar refractivity (Wildman–Crippen MR) is 53.6 cm³/mol. The molecule has 2 heteroatoms. The Morgan fingerprint density at radius 3 is 2.30 bits per heavy atom. The van der Waals surface area contributed by atoms with Crippen LogP contribution >= 0.6 is 22.6 Å². The van der Waals surface area contributed by atoms with Crippen LogP contribution in [0.4, 0.5) is 0 Å². The highest BCUT2D eigenvalue weighted by molar-refractivity contribution is 14.1. The Morgan fingerprint density at radius 2 is 2.10 bits per heavy atom. The molecule has 0 radical (unpaired) electrons. The van der Waals surface area contributed by atoms with Gasteiger partial charge in [-0.1, -0.05) is 43.4 Å². The summed E-state index contributed by atoms with van der Waals surface area (Å²) < 4.78 is 0.838. The highest BCUT2D eigenvalue weighted by atomic mass is 127. The van der Waals surface area contributed by atoms with E-state index in [0.717, 1.165) is 21.8 Å². The summed E-state index contributed by atoms with van der Waals surface area (Å²) in [4.78, 5) is 0. The Labute approximate surface area is 77.1 Å². The molecule has 0 saturated carbocycles. The highest BCUT2D eigenvalue weighted by Crippen LogP contribution is 2.26.